The largest absolute Gasteiger partial charge is 0.455 e. The third-order valence-electron chi connectivity index (χ3n) is 10.9. The fourth-order valence-corrected chi connectivity index (χ4v) is 8.24. The van der Waals surface area contributed by atoms with Crippen LogP contribution < -0.4 is 0 Å². The number of hydrogen-bond donors (Lipinski definition) is 0. The molecule has 4 nitrogen and oxygen atoms in total. The summed E-state index contributed by atoms with van der Waals surface area (Å²) in [5, 5.41) is 4.56. The minimum absolute atomic E-state index is 0.720. The molecule has 0 bridgehead atoms. The van der Waals surface area contributed by atoms with Gasteiger partial charge in [0.15, 0.2) is 5.82 Å². The van der Waals surface area contributed by atoms with Crippen molar-refractivity contribution in [2.75, 3.05) is 0 Å². The minimum atomic E-state index is 0.720. The van der Waals surface area contributed by atoms with Crippen LogP contribution in [-0.4, -0.2) is 14.5 Å². The molecule has 0 amide bonds. The lowest BCUT2D eigenvalue weighted by molar-refractivity contribution is 0.670. The number of rotatable bonds is 6. The quantitative estimate of drug-likeness (QED) is 0.172. The molecule has 0 aliphatic carbocycles. The van der Waals surface area contributed by atoms with Crippen molar-refractivity contribution in [2.24, 2.45) is 0 Å². The van der Waals surface area contributed by atoms with Gasteiger partial charge in [-0.15, -0.1) is 0 Å². The van der Waals surface area contributed by atoms with E-state index in [9.17, 15) is 0 Å². The van der Waals surface area contributed by atoms with Crippen molar-refractivity contribution in [3.05, 3.63) is 200 Å². The molecule has 3 heterocycles. The molecule has 3 aromatic heterocycles. The summed E-state index contributed by atoms with van der Waals surface area (Å²) in [5.74, 6) is 0.720. The molecule has 0 atom stereocenters. The van der Waals surface area contributed by atoms with Crippen LogP contribution in [-0.2, 0) is 0 Å². The molecule has 0 radical (unpaired) electrons. The van der Waals surface area contributed by atoms with Gasteiger partial charge in [0, 0.05) is 50.8 Å². The fraction of sp³-hybridized carbons (Fsp3) is 0. The molecule has 0 aliphatic rings. The SMILES string of the molecule is c1ccc(-c2cccc(-c3cccc(-c4ccc5oc6c(-c7cccc(-n8c9ccccc9c9cc(-c%10ncccn%10)ccc98)c7)cccc6c5c4)c3)c2)cc1. The van der Waals surface area contributed by atoms with Crippen LogP contribution in [0.4, 0.5) is 0 Å². The Hall–Kier alpha value is -7.56. The van der Waals surface area contributed by atoms with Crippen LogP contribution in [0.25, 0.3) is 105 Å². The lowest BCUT2D eigenvalue weighted by Gasteiger charge is -2.11. The molecule has 0 aliphatic heterocycles. The standard InChI is InChI=1S/C52H33N3O/c1-2-11-34(12-3-1)35-13-6-14-36(29-35)37-15-7-16-38(30-37)39-24-26-50-47(32-39)45-21-9-20-43(51(45)56-50)40-17-8-18-42(31-40)55-48-22-5-4-19-44(48)46-33-41(23-25-49(46)55)52-53-27-10-28-54-52/h1-33H. The van der Waals surface area contributed by atoms with E-state index < -0.39 is 0 Å². The van der Waals surface area contributed by atoms with E-state index in [0.717, 1.165) is 72.1 Å². The summed E-state index contributed by atoms with van der Waals surface area (Å²) in [7, 11) is 0. The summed E-state index contributed by atoms with van der Waals surface area (Å²) in [6.07, 6.45) is 3.57. The minimum Gasteiger partial charge on any atom is -0.455 e. The summed E-state index contributed by atoms with van der Waals surface area (Å²) in [6.45, 7) is 0. The monoisotopic (exact) mass is 715 g/mol. The van der Waals surface area contributed by atoms with E-state index in [1.807, 2.05) is 6.07 Å². The molecule has 8 aromatic carbocycles. The van der Waals surface area contributed by atoms with Crippen molar-refractivity contribution >= 4 is 43.7 Å². The van der Waals surface area contributed by atoms with Gasteiger partial charge in [0.1, 0.15) is 11.2 Å². The molecule has 0 spiro atoms. The molecule has 0 saturated heterocycles. The lowest BCUT2D eigenvalue weighted by atomic mass is 9.95. The van der Waals surface area contributed by atoms with Crippen molar-refractivity contribution in [3.63, 3.8) is 0 Å². The van der Waals surface area contributed by atoms with Gasteiger partial charge in [0.05, 0.1) is 11.0 Å². The van der Waals surface area contributed by atoms with Crippen LogP contribution in [0, 0.1) is 0 Å². The van der Waals surface area contributed by atoms with Gasteiger partial charge >= 0.3 is 0 Å². The highest BCUT2D eigenvalue weighted by molar-refractivity contribution is 6.12. The third kappa shape index (κ3) is 5.39. The highest BCUT2D eigenvalue weighted by Gasteiger charge is 2.17. The molecule has 0 unspecified atom stereocenters. The Kier molecular flexibility index (Phi) is 7.46. The lowest BCUT2D eigenvalue weighted by Crippen LogP contribution is -1.94. The Labute approximate surface area is 323 Å². The Morgan fingerprint density at radius 1 is 0.357 bits per heavy atom. The third-order valence-corrected chi connectivity index (χ3v) is 10.9. The molecule has 11 rings (SSSR count). The average molecular weight is 716 g/mol. The molecule has 4 heteroatoms. The van der Waals surface area contributed by atoms with Crippen LogP contribution in [0.2, 0.25) is 0 Å². The second-order valence-corrected chi connectivity index (χ2v) is 14.2. The molecule has 262 valence electrons. The van der Waals surface area contributed by atoms with Gasteiger partial charge in [0.2, 0.25) is 0 Å². The van der Waals surface area contributed by atoms with Crippen molar-refractivity contribution in [2.45, 2.75) is 0 Å². The maximum atomic E-state index is 6.68. The van der Waals surface area contributed by atoms with Gasteiger partial charge in [-0.2, -0.15) is 0 Å². The average Bonchev–Trinajstić information content (AvgIpc) is 3.82. The smallest absolute Gasteiger partial charge is 0.159 e. The van der Waals surface area contributed by atoms with Crippen LogP contribution in [0.1, 0.15) is 0 Å². The Morgan fingerprint density at radius 2 is 0.946 bits per heavy atom. The van der Waals surface area contributed by atoms with Gasteiger partial charge in [-0.3, -0.25) is 0 Å². The maximum absolute atomic E-state index is 6.68. The Bertz CT molecular complexity index is 3250. The Balaban J connectivity index is 0.981. The fourth-order valence-electron chi connectivity index (χ4n) is 8.24. The first-order valence-electron chi connectivity index (χ1n) is 18.9. The van der Waals surface area contributed by atoms with E-state index in [0.29, 0.717) is 0 Å². The number of nitrogens with zero attached hydrogens (tertiary/aromatic N) is 3. The molecule has 11 aromatic rings. The molecule has 0 saturated carbocycles. The first kappa shape index (κ1) is 31.9. The van der Waals surface area contributed by atoms with E-state index in [2.05, 4.69) is 197 Å². The second kappa shape index (κ2) is 13.1. The zero-order chi connectivity index (χ0) is 37.0. The molecule has 0 fully saturated rings. The predicted octanol–water partition coefficient (Wildman–Crippen LogP) is 13.8. The van der Waals surface area contributed by atoms with E-state index in [1.165, 1.54) is 33.2 Å². The molecular formula is C52H33N3O. The number of hydrogen-bond acceptors (Lipinski definition) is 3. The van der Waals surface area contributed by atoms with E-state index in [4.69, 9.17) is 4.42 Å². The van der Waals surface area contributed by atoms with E-state index in [1.54, 1.807) is 12.4 Å². The number of para-hydroxylation sites is 2. The van der Waals surface area contributed by atoms with Crippen LogP contribution >= 0.6 is 0 Å². The first-order valence-corrected chi connectivity index (χ1v) is 18.9. The van der Waals surface area contributed by atoms with Gasteiger partial charge < -0.3 is 8.98 Å². The first-order chi connectivity index (χ1) is 27.7. The van der Waals surface area contributed by atoms with Gasteiger partial charge in [0.25, 0.3) is 0 Å². The number of aromatic nitrogens is 3. The van der Waals surface area contributed by atoms with Crippen molar-refractivity contribution < 1.29 is 4.42 Å². The second-order valence-electron chi connectivity index (χ2n) is 14.2. The summed E-state index contributed by atoms with van der Waals surface area (Å²) in [4.78, 5) is 9.01. The van der Waals surface area contributed by atoms with Crippen molar-refractivity contribution in [1.82, 2.24) is 14.5 Å². The molecular weight excluding hydrogens is 683 g/mol. The van der Waals surface area contributed by atoms with Crippen molar-refractivity contribution in [1.29, 1.82) is 0 Å². The topological polar surface area (TPSA) is 43.9 Å². The van der Waals surface area contributed by atoms with Crippen LogP contribution in [0.15, 0.2) is 205 Å². The summed E-state index contributed by atoms with van der Waals surface area (Å²) in [5.41, 5.74) is 15.4. The van der Waals surface area contributed by atoms with Crippen LogP contribution in [0.3, 0.4) is 0 Å². The van der Waals surface area contributed by atoms with Gasteiger partial charge in [-0.25, -0.2) is 9.97 Å². The zero-order valence-corrected chi connectivity index (χ0v) is 30.3. The Morgan fingerprint density at radius 3 is 1.75 bits per heavy atom. The normalized spacial score (nSPS) is 11.6. The molecule has 0 N–H and O–H groups in total. The van der Waals surface area contributed by atoms with Crippen LogP contribution in [0.5, 0.6) is 0 Å². The van der Waals surface area contributed by atoms with Gasteiger partial charge in [-0.1, -0.05) is 121 Å². The van der Waals surface area contributed by atoms with E-state index >= 15 is 0 Å². The summed E-state index contributed by atoms with van der Waals surface area (Å²) in [6, 6.07) is 66.9. The molecule has 56 heavy (non-hydrogen) atoms. The van der Waals surface area contributed by atoms with Gasteiger partial charge in [-0.05, 0) is 106 Å². The van der Waals surface area contributed by atoms with E-state index in [-0.39, 0.29) is 0 Å². The van der Waals surface area contributed by atoms with Crippen molar-refractivity contribution in [3.8, 4) is 61.6 Å². The highest BCUT2D eigenvalue weighted by atomic mass is 16.3. The number of fused-ring (bicyclic) bond motifs is 6. The maximum Gasteiger partial charge on any atom is 0.159 e. The number of benzene rings is 8. The highest BCUT2D eigenvalue weighted by Crippen LogP contribution is 2.40. The summed E-state index contributed by atoms with van der Waals surface area (Å²) >= 11 is 0. The zero-order valence-electron chi connectivity index (χ0n) is 30.3. The predicted molar refractivity (Wildman–Crippen MR) is 231 cm³/mol. The number of furan rings is 1. The summed E-state index contributed by atoms with van der Waals surface area (Å²) < 4.78 is 9.03.